The van der Waals surface area contributed by atoms with E-state index in [2.05, 4.69) is 0 Å². The van der Waals surface area contributed by atoms with Crippen LogP contribution in [-0.4, -0.2) is 36.4 Å². The summed E-state index contributed by atoms with van der Waals surface area (Å²) in [5, 5.41) is 7.72. The Morgan fingerprint density at radius 1 is 1.57 bits per heavy atom. The standard InChI is InChI=1S/C10H18N2O2/c1-7(2)9(10(13)14-3)12-6-4-5-8(12)11/h7,9,11H,4-6H2,1-3H3. The number of ether oxygens (including phenoxy) is 1. The largest absolute Gasteiger partial charge is 0.467 e. The van der Waals surface area contributed by atoms with Crippen LogP contribution in [0.5, 0.6) is 0 Å². The molecule has 1 aliphatic heterocycles. The number of methoxy groups -OCH3 is 1. The van der Waals surface area contributed by atoms with Crippen molar-refractivity contribution in [1.82, 2.24) is 4.90 Å². The summed E-state index contributed by atoms with van der Waals surface area (Å²) in [4.78, 5) is 13.4. The molecule has 1 atom stereocenters. The monoisotopic (exact) mass is 198 g/mol. The third-order valence-electron chi connectivity index (χ3n) is 2.57. The number of carbonyl (C=O) groups is 1. The van der Waals surface area contributed by atoms with Crippen molar-refractivity contribution in [2.45, 2.75) is 32.7 Å². The predicted molar refractivity (Wildman–Crippen MR) is 54.3 cm³/mol. The Kier molecular flexibility index (Phi) is 3.49. The van der Waals surface area contributed by atoms with Crippen molar-refractivity contribution in [2.24, 2.45) is 5.92 Å². The van der Waals surface area contributed by atoms with E-state index in [-0.39, 0.29) is 17.9 Å². The maximum atomic E-state index is 11.5. The molecule has 0 aliphatic carbocycles. The lowest BCUT2D eigenvalue weighted by Gasteiger charge is -2.29. The van der Waals surface area contributed by atoms with Gasteiger partial charge in [0.2, 0.25) is 0 Å². The minimum absolute atomic E-state index is 0.181. The summed E-state index contributed by atoms with van der Waals surface area (Å²) in [6.45, 7) is 4.76. The zero-order valence-electron chi connectivity index (χ0n) is 9.04. The molecule has 0 radical (unpaired) electrons. The number of nitrogens with zero attached hydrogens (tertiary/aromatic N) is 1. The van der Waals surface area contributed by atoms with Gasteiger partial charge in [-0.2, -0.15) is 0 Å². The van der Waals surface area contributed by atoms with Crippen molar-refractivity contribution < 1.29 is 9.53 Å². The first-order chi connectivity index (χ1) is 6.57. The van der Waals surface area contributed by atoms with Crippen LogP contribution in [-0.2, 0) is 9.53 Å². The molecular weight excluding hydrogens is 180 g/mol. The minimum Gasteiger partial charge on any atom is -0.467 e. The highest BCUT2D eigenvalue weighted by Crippen LogP contribution is 2.20. The fourth-order valence-corrected chi connectivity index (χ4v) is 1.88. The summed E-state index contributed by atoms with van der Waals surface area (Å²) in [5.74, 6) is 0.515. The molecule has 1 fully saturated rings. The number of rotatable bonds is 3. The number of nitrogens with one attached hydrogen (secondary N) is 1. The van der Waals surface area contributed by atoms with Gasteiger partial charge in [-0.05, 0) is 12.3 Å². The maximum absolute atomic E-state index is 11.5. The first-order valence-corrected chi connectivity index (χ1v) is 4.99. The molecule has 1 saturated heterocycles. The Hall–Kier alpha value is -1.06. The molecule has 0 saturated carbocycles. The van der Waals surface area contributed by atoms with E-state index < -0.39 is 0 Å². The molecule has 1 aliphatic rings. The maximum Gasteiger partial charge on any atom is 0.328 e. The van der Waals surface area contributed by atoms with Crippen LogP contribution >= 0.6 is 0 Å². The van der Waals surface area contributed by atoms with Crippen molar-refractivity contribution in [3.63, 3.8) is 0 Å². The van der Waals surface area contributed by atoms with Crippen molar-refractivity contribution in [2.75, 3.05) is 13.7 Å². The highest BCUT2D eigenvalue weighted by Gasteiger charge is 2.33. The molecule has 0 amide bonds. The van der Waals surface area contributed by atoms with Crippen LogP contribution in [0.15, 0.2) is 0 Å². The second-order valence-corrected chi connectivity index (χ2v) is 3.96. The minimum atomic E-state index is -0.282. The average Bonchev–Trinajstić information content (AvgIpc) is 2.52. The van der Waals surface area contributed by atoms with Crippen LogP contribution in [0.3, 0.4) is 0 Å². The van der Waals surface area contributed by atoms with Gasteiger partial charge in [-0.25, -0.2) is 4.79 Å². The van der Waals surface area contributed by atoms with Gasteiger partial charge in [0.1, 0.15) is 6.04 Å². The number of likely N-dealkylation sites (tertiary alicyclic amines) is 1. The fourth-order valence-electron chi connectivity index (χ4n) is 1.88. The Morgan fingerprint density at radius 3 is 2.57 bits per heavy atom. The van der Waals surface area contributed by atoms with Gasteiger partial charge in [0.05, 0.1) is 12.9 Å². The fraction of sp³-hybridized carbons (Fsp3) is 0.800. The van der Waals surface area contributed by atoms with Gasteiger partial charge in [0, 0.05) is 13.0 Å². The van der Waals surface area contributed by atoms with Crippen LogP contribution in [0.2, 0.25) is 0 Å². The van der Waals surface area contributed by atoms with E-state index in [1.807, 2.05) is 18.7 Å². The topological polar surface area (TPSA) is 53.4 Å². The summed E-state index contributed by atoms with van der Waals surface area (Å²) in [7, 11) is 1.40. The van der Waals surface area contributed by atoms with E-state index in [0.717, 1.165) is 19.4 Å². The SMILES string of the molecule is COC(=O)C(C(C)C)N1CCCC1=N. The van der Waals surface area contributed by atoms with Crippen LogP contribution in [0, 0.1) is 11.3 Å². The predicted octanol–water partition coefficient (Wildman–Crippen LogP) is 1.26. The van der Waals surface area contributed by atoms with E-state index in [9.17, 15) is 4.79 Å². The van der Waals surface area contributed by atoms with E-state index in [0.29, 0.717) is 5.84 Å². The molecule has 80 valence electrons. The molecule has 1 N–H and O–H groups in total. The molecule has 1 unspecified atom stereocenters. The van der Waals surface area contributed by atoms with Gasteiger partial charge >= 0.3 is 5.97 Å². The third kappa shape index (κ3) is 2.05. The Labute approximate surface area is 84.7 Å². The molecule has 4 nitrogen and oxygen atoms in total. The highest BCUT2D eigenvalue weighted by molar-refractivity contribution is 5.87. The number of hydrogen-bond donors (Lipinski definition) is 1. The first kappa shape index (κ1) is 11.0. The Balaban J connectivity index is 2.76. The van der Waals surface area contributed by atoms with Gasteiger partial charge < -0.3 is 9.64 Å². The molecule has 4 heteroatoms. The number of hydrogen-bond acceptors (Lipinski definition) is 3. The van der Waals surface area contributed by atoms with E-state index >= 15 is 0 Å². The lowest BCUT2D eigenvalue weighted by molar-refractivity contribution is -0.146. The van der Waals surface area contributed by atoms with E-state index in [1.54, 1.807) is 0 Å². The number of amidine groups is 1. The van der Waals surface area contributed by atoms with Crippen molar-refractivity contribution in [3.8, 4) is 0 Å². The molecular formula is C10H18N2O2. The van der Waals surface area contributed by atoms with Crippen molar-refractivity contribution >= 4 is 11.8 Å². The highest BCUT2D eigenvalue weighted by atomic mass is 16.5. The van der Waals surface area contributed by atoms with Gasteiger partial charge in [-0.1, -0.05) is 13.8 Å². The van der Waals surface area contributed by atoms with E-state index in [1.165, 1.54) is 7.11 Å². The molecule has 1 heterocycles. The average molecular weight is 198 g/mol. The molecule has 0 bridgehead atoms. The summed E-state index contributed by atoms with van der Waals surface area (Å²) < 4.78 is 4.76. The zero-order chi connectivity index (χ0) is 10.7. The third-order valence-corrected chi connectivity index (χ3v) is 2.57. The van der Waals surface area contributed by atoms with Crippen LogP contribution < -0.4 is 0 Å². The summed E-state index contributed by atoms with van der Waals surface area (Å²) in [6.07, 6.45) is 1.75. The lowest BCUT2D eigenvalue weighted by Crippen LogP contribution is -2.45. The van der Waals surface area contributed by atoms with E-state index in [4.69, 9.17) is 10.1 Å². The first-order valence-electron chi connectivity index (χ1n) is 4.99. The molecule has 0 aromatic rings. The molecule has 0 spiro atoms. The second kappa shape index (κ2) is 4.44. The number of carbonyl (C=O) groups excluding carboxylic acids is 1. The summed E-state index contributed by atoms with van der Waals surface area (Å²) >= 11 is 0. The van der Waals surface area contributed by atoms with Gasteiger partial charge in [0.25, 0.3) is 0 Å². The van der Waals surface area contributed by atoms with Gasteiger partial charge in [-0.3, -0.25) is 5.41 Å². The van der Waals surface area contributed by atoms with Gasteiger partial charge in [0.15, 0.2) is 0 Å². The van der Waals surface area contributed by atoms with Crippen molar-refractivity contribution in [3.05, 3.63) is 0 Å². The summed E-state index contributed by atoms with van der Waals surface area (Å²) in [5.41, 5.74) is 0. The van der Waals surface area contributed by atoms with Crippen LogP contribution in [0.4, 0.5) is 0 Å². The van der Waals surface area contributed by atoms with Gasteiger partial charge in [-0.15, -0.1) is 0 Å². The van der Waals surface area contributed by atoms with Crippen LogP contribution in [0.1, 0.15) is 26.7 Å². The quantitative estimate of drug-likeness (QED) is 0.694. The van der Waals surface area contributed by atoms with Crippen molar-refractivity contribution in [1.29, 1.82) is 5.41 Å². The lowest BCUT2D eigenvalue weighted by atomic mass is 10.0. The Bertz CT molecular complexity index is 238. The summed E-state index contributed by atoms with van der Waals surface area (Å²) in [6, 6.07) is -0.282. The Morgan fingerprint density at radius 2 is 2.21 bits per heavy atom. The number of esters is 1. The molecule has 0 aromatic carbocycles. The molecule has 14 heavy (non-hydrogen) atoms. The second-order valence-electron chi connectivity index (χ2n) is 3.96. The molecule has 1 rings (SSSR count). The smallest absolute Gasteiger partial charge is 0.328 e. The zero-order valence-corrected chi connectivity index (χ0v) is 9.04. The molecule has 0 aromatic heterocycles. The normalized spacial score (nSPS) is 18.9. The van der Waals surface area contributed by atoms with Crippen LogP contribution in [0.25, 0.3) is 0 Å².